The number of aliphatic hydroxyl groups excluding tert-OH is 1. The van der Waals surface area contributed by atoms with Crippen LogP contribution < -0.4 is 19.1 Å². The monoisotopic (exact) mass is 477 g/mol. The molecule has 1 saturated heterocycles. The van der Waals surface area contributed by atoms with Crippen LogP contribution in [0.3, 0.4) is 0 Å². The Hall–Kier alpha value is -3.97. The fraction of sp³-hybridized carbons (Fsp3) is 0.154. The van der Waals surface area contributed by atoms with E-state index in [4.69, 9.17) is 25.8 Å². The van der Waals surface area contributed by atoms with Gasteiger partial charge in [-0.3, -0.25) is 14.5 Å². The van der Waals surface area contributed by atoms with Gasteiger partial charge in [0, 0.05) is 17.3 Å². The molecule has 2 heterocycles. The van der Waals surface area contributed by atoms with Crippen LogP contribution in [-0.2, 0) is 9.59 Å². The first-order valence-electron chi connectivity index (χ1n) is 10.7. The van der Waals surface area contributed by atoms with Crippen molar-refractivity contribution in [2.45, 2.75) is 13.0 Å². The molecule has 5 rings (SSSR count). The van der Waals surface area contributed by atoms with E-state index in [9.17, 15) is 14.7 Å². The molecule has 34 heavy (non-hydrogen) atoms. The molecule has 2 aliphatic heterocycles. The minimum atomic E-state index is -0.854. The molecule has 0 radical (unpaired) electrons. The first kappa shape index (κ1) is 21.9. The average molecular weight is 478 g/mol. The van der Waals surface area contributed by atoms with Crippen LogP contribution in [0.2, 0.25) is 5.02 Å². The Labute approximate surface area is 200 Å². The highest BCUT2D eigenvalue weighted by molar-refractivity contribution is 6.51. The molecule has 0 aliphatic carbocycles. The van der Waals surface area contributed by atoms with Crippen LogP contribution in [0.25, 0.3) is 5.76 Å². The number of carbonyl (C=O) groups excluding carboxylic acids is 2. The van der Waals surface area contributed by atoms with Crippen molar-refractivity contribution in [3.05, 3.63) is 88.5 Å². The third-order valence-corrected chi connectivity index (χ3v) is 6.01. The fourth-order valence-corrected chi connectivity index (χ4v) is 4.33. The van der Waals surface area contributed by atoms with E-state index in [1.807, 2.05) is 25.1 Å². The number of aliphatic hydroxyl groups is 1. The van der Waals surface area contributed by atoms with Gasteiger partial charge < -0.3 is 19.3 Å². The number of carbonyl (C=O) groups is 2. The molecule has 1 N–H and O–H groups in total. The van der Waals surface area contributed by atoms with Gasteiger partial charge in [0.25, 0.3) is 11.7 Å². The second-order valence-corrected chi connectivity index (χ2v) is 8.10. The number of amides is 1. The number of ether oxygens (including phenoxy) is 3. The van der Waals surface area contributed by atoms with Crippen molar-refractivity contribution < 1.29 is 28.9 Å². The van der Waals surface area contributed by atoms with Crippen LogP contribution in [0, 0.1) is 0 Å². The molecule has 0 bridgehead atoms. The van der Waals surface area contributed by atoms with Crippen molar-refractivity contribution in [1.29, 1.82) is 0 Å². The molecule has 0 spiro atoms. The number of rotatable bonds is 5. The zero-order chi connectivity index (χ0) is 23.8. The molecule has 172 valence electrons. The molecule has 7 nitrogen and oxygen atoms in total. The van der Waals surface area contributed by atoms with Gasteiger partial charge >= 0.3 is 0 Å². The Morgan fingerprint density at radius 2 is 1.82 bits per heavy atom. The topological polar surface area (TPSA) is 85.3 Å². The summed E-state index contributed by atoms with van der Waals surface area (Å²) in [7, 11) is 0. The number of halogens is 1. The minimum Gasteiger partial charge on any atom is -0.507 e. The quantitative estimate of drug-likeness (QED) is 0.313. The van der Waals surface area contributed by atoms with Crippen LogP contribution in [0.4, 0.5) is 5.69 Å². The Morgan fingerprint density at radius 3 is 2.59 bits per heavy atom. The van der Waals surface area contributed by atoms with Gasteiger partial charge in [-0.1, -0.05) is 41.9 Å². The van der Waals surface area contributed by atoms with Crippen LogP contribution in [0.5, 0.6) is 17.2 Å². The summed E-state index contributed by atoms with van der Waals surface area (Å²) in [6, 6.07) is 17.9. The van der Waals surface area contributed by atoms with E-state index in [1.165, 1.54) is 4.90 Å². The first-order chi connectivity index (χ1) is 16.5. The van der Waals surface area contributed by atoms with Crippen LogP contribution in [-0.4, -0.2) is 30.2 Å². The summed E-state index contributed by atoms with van der Waals surface area (Å²) in [4.78, 5) is 27.9. The smallest absolute Gasteiger partial charge is 0.300 e. The lowest BCUT2D eigenvalue weighted by molar-refractivity contribution is -0.132. The molecule has 0 aromatic heterocycles. The fourth-order valence-electron chi connectivity index (χ4n) is 4.16. The highest BCUT2D eigenvalue weighted by Crippen LogP contribution is 2.45. The Balaban J connectivity index is 1.68. The molecule has 8 heteroatoms. The Bertz CT molecular complexity index is 1320. The van der Waals surface area contributed by atoms with Crippen molar-refractivity contribution in [2.24, 2.45) is 0 Å². The second kappa shape index (κ2) is 8.76. The molecular weight excluding hydrogens is 458 g/mol. The van der Waals surface area contributed by atoms with E-state index in [2.05, 4.69) is 0 Å². The Kier molecular flexibility index (Phi) is 5.63. The van der Waals surface area contributed by atoms with Crippen LogP contribution in [0.1, 0.15) is 24.1 Å². The van der Waals surface area contributed by atoms with Crippen molar-refractivity contribution in [3.8, 4) is 17.2 Å². The maximum absolute atomic E-state index is 13.3. The lowest BCUT2D eigenvalue weighted by Gasteiger charge is -2.25. The number of nitrogens with zero attached hydrogens (tertiary/aromatic N) is 1. The molecule has 2 aliphatic rings. The standard InChI is InChI=1S/C26H20ClNO6/c1-2-32-20-12-16(8-10-18(20)27)24(29)22-23(15-6-4-3-5-7-15)28(26(31)25(22)30)17-9-11-19-21(13-17)34-14-33-19/h3-13,23,29H,2,14H2,1H3/b24-22+. The van der Waals surface area contributed by atoms with E-state index >= 15 is 0 Å². The van der Waals surface area contributed by atoms with Crippen molar-refractivity contribution >= 4 is 34.7 Å². The summed E-state index contributed by atoms with van der Waals surface area (Å²) in [5, 5.41) is 11.7. The third-order valence-electron chi connectivity index (χ3n) is 5.70. The van der Waals surface area contributed by atoms with Gasteiger partial charge in [0.05, 0.1) is 23.2 Å². The van der Waals surface area contributed by atoms with Gasteiger partial charge in [-0.15, -0.1) is 0 Å². The van der Waals surface area contributed by atoms with Crippen LogP contribution >= 0.6 is 11.6 Å². The average Bonchev–Trinajstić information content (AvgIpc) is 3.42. The lowest BCUT2D eigenvalue weighted by Crippen LogP contribution is -2.29. The third kappa shape index (κ3) is 3.64. The second-order valence-electron chi connectivity index (χ2n) is 7.70. The highest BCUT2D eigenvalue weighted by atomic mass is 35.5. The molecule has 1 amide bonds. The van der Waals surface area contributed by atoms with E-state index in [0.717, 1.165) is 0 Å². The molecule has 1 fully saturated rings. The van der Waals surface area contributed by atoms with E-state index < -0.39 is 17.7 Å². The molecule has 3 aromatic carbocycles. The van der Waals surface area contributed by atoms with Crippen molar-refractivity contribution in [1.82, 2.24) is 0 Å². The normalized spacial score (nSPS) is 18.4. The Morgan fingerprint density at radius 1 is 1.06 bits per heavy atom. The van der Waals surface area contributed by atoms with Crippen molar-refractivity contribution in [3.63, 3.8) is 0 Å². The number of fused-ring (bicyclic) bond motifs is 1. The highest BCUT2D eigenvalue weighted by Gasteiger charge is 2.47. The van der Waals surface area contributed by atoms with Crippen molar-refractivity contribution in [2.75, 3.05) is 18.3 Å². The number of hydrogen-bond acceptors (Lipinski definition) is 6. The number of anilines is 1. The summed E-state index contributed by atoms with van der Waals surface area (Å²) < 4.78 is 16.4. The van der Waals surface area contributed by atoms with E-state index in [1.54, 1.807) is 48.5 Å². The predicted octanol–water partition coefficient (Wildman–Crippen LogP) is 5.09. The number of benzene rings is 3. The summed E-state index contributed by atoms with van der Waals surface area (Å²) in [5.41, 5.74) is 1.40. The minimum absolute atomic E-state index is 0.0290. The van der Waals surface area contributed by atoms with Gasteiger partial charge in [0.2, 0.25) is 6.79 Å². The number of ketones is 1. The van der Waals surface area contributed by atoms with Gasteiger partial charge in [-0.25, -0.2) is 0 Å². The first-order valence-corrected chi connectivity index (χ1v) is 11.1. The molecule has 0 saturated carbocycles. The van der Waals surface area contributed by atoms with E-state index in [0.29, 0.717) is 45.7 Å². The van der Waals surface area contributed by atoms with Gasteiger partial charge in [0.15, 0.2) is 11.5 Å². The largest absolute Gasteiger partial charge is 0.507 e. The SMILES string of the molecule is CCOc1cc(/C(O)=C2\C(=O)C(=O)N(c3ccc4c(c3)OCO4)C2c2ccccc2)ccc1Cl. The summed E-state index contributed by atoms with van der Waals surface area (Å²) in [6.07, 6.45) is 0. The maximum Gasteiger partial charge on any atom is 0.300 e. The number of Topliss-reactive ketones (excluding diaryl/α,β-unsaturated/α-hetero) is 1. The lowest BCUT2D eigenvalue weighted by atomic mass is 9.95. The molecule has 1 unspecified atom stereocenters. The molecular formula is C26H20ClNO6. The zero-order valence-electron chi connectivity index (χ0n) is 18.2. The predicted molar refractivity (Wildman–Crippen MR) is 126 cm³/mol. The van der Waals surface area contributed by atoms with Gasteiger partial charge in [0.1, 0.15) is 11.5 Å². The molecule has 1 atom stereocenters. The summed E-state index contributed by atoms with van der Waals surface area (Å²) >= 11 is 6.19. The molecule has 3 aromatic rings. The van der Waals surface area contributed by atoms with Gasteiger partial charge in [-0.05, 0) is 42.8 Å². The van der Waals surface area contributed by atoms with Gasteiger partial charge in [-0.2, -0.15) is 0 Å². The zero-order valence-corrected chi connectivity index (χ0v) is 18.9. The van der Waals surface area contributed by atoms with E-state index in [-0.39, 0.29) is 18.1 Å². The summed E-state index contributed by atoms with van der Waals surface area (Å²) in [6.45, 7) is 2.27. The maximum atomic E-state index is 13.3. The summed E-state index contributed by atoms with van der Waals surface area (Å²) in [5.74, 6) is -0.459. The number of hydrogen-bond donors (Lipinski definition) is 1. The van der Waals surface area contributed by atoms with Crippen LogP contribution in [0.15, 0.2) is 72.3 Å².